The highest BCUT2D eigenvalue weighted by Gasteiger charge is 2.08. The van der Waals surface area contributed by atoms with Crippen molar-refractivity contribution < 1.29 is 0 Å². The van der Waals surface area contributed by atoms with Gasteiger partial charge in [-0.2, -0.15) is 0 Å². The molecule has 0 amide bonds. The summed E-state index contributed by atoms with van der Waals surface area (Å²) in [6, 6.07) is 8.45. The summed E-state index contributed by atoms with van der Waals surface area (Å²) in [5.41, 5.74) is 5.93. The monoisotopic (exact) mass is 259 g/mol. The van der Waals surface area contributed by atoms with E-state index in [0.717, 1.165) is 13.1 Å². The van der Waals surface area contributed by atoms with Crippen molar-refractivity contribution in [3.8, 4) is 11.5 Å². The Bertz CT molecular complexity index is 432. The summed E-state index contributed by atoms with van der Waals surface area (Å²) in [5.74, 6) is 4.05. The molecule has 1 aromatic rings. The molecule has 1 rings (SSSR count). The van der Waals surface area contributed by atoms with Crippen LogP contribution in [0.1, 0.15) is 25.0 Å². The highest BCUT2D eigenvalue weighted by atomic mass is 28.3. The van der Waals surface area contributed by atoms with Crippen molar-refractivity contribution in [2.75, 3.05) is 6.54 Å². The molecule has 0 aliphatic carbocycles. The van der Waals surface area contributed by atoms with E-state index in [4.69, 9.17) is 0 Å². The predicted octanol–water partition coefficient (Wildman–Crippen LogP) is 3.66. The van der Waals surface area contributed by atoms with Crippen molar-refractivity contribution in [3.63, 3.8) is 0 Å². The molecule has 1 nitrogen and oxygen atoms in total. The van der Waals surface area contributed by atoms with Gasteiger partial charge in [-0.15, -0.1) is 5.54 Å². The Balaban J connectivity index is 2.76. The SMILES string of the molecule is CC(C)CNCc1ccccc1C#C[Si](C)(C)C. The Labute approximate surface area is 113 Å². The molecule has 98 valence electrons. The van der Waals surface area contributed by atoms with Gasteiger partial charge in [0.15, 0.2) is 0 Å². The lowest BCUT2D eigenvalue weighted by molar-refractivity contribution is 0.552. The van der Waals surface area contributed by atoms with Crippen LogP contribution in [0.2, 0.25) is 19.6 Å². The molecule has 0 unspecified atom stereocenters. The van der Waals surface area contributed by atoms with Gasteiger partial charge in [0.1, 0.15) is 8.07 Å². The molecule has 0 aliphatic heterocycles. The van der Waals surface area contributed by atoms with Gasteiger partial charge < -0.3 is 5.32 Å². The van der Waals surface area contributed by atoms with Crippen LogP contribution >= 0.6 is 0 Å². The molecule has 0 fully saturated rings. The highest BCUT2D eigenvalue weighted by Crippen LogP contribution is 2.08. The molecule has 1 aromatic carbocycles. The predicted molar refractivity (Wildman–Crippen MR) is 83.2 cm³/mol. The fourth-order valence-electron chi connectivity index (χ4n) is 1.55. The van der Waals surface area contributed by atoms with E-state index in [1.807, 2.05) is 0 Å². The maximum absolute atomic E-state index is 3.48. The van der Waals surface area contributed by atoms with E-state index in [1.54, 1.807) is 0 Å². The number of nitrogens with one attached hydrogen (secondary N) is 1. The molecule has 0 saturated heterocycles. The van der Waals surface area contributed by atoms with Crippen LogP contribution in [0.25, 0.3) is 0 Å². The van der Waals surface area contributed by atoms with E-state index < -0.39 is 8.07 Å². The zero-order valence-electron chi connectivity index (χ0n) is 12.3. The Hall–Kier alpha value is -1.04. The van der Waals surface area contributed by atoms with E-state index >= 15 is 0 Å². The van der Waals surface area contributed by atoms with Gasteiger partial charge in [0, 0.05) is 12.1 Å². The second-order valence-electron chi connectivity index (χ2n) is 6.18. The van der Waals surface area contributed by atoms with Gasteiger partial charge in [0.05, 0.1) is 0 Å². The van der Waals surface area contributed by atoms with Crippen molar-refractivity contribution in [1.82, 2.24) is 5.32 Å². The average molecular weight is 259 g/mol. The van der Waals surface area contributed by atoms with Gasteiger partial charge in [-0.25, -0.2) is 0 Å². The molecular formula is C16H25NSi. The largest absolute Gasteiger partial charge is 0.312 e. The summed E-state index contributed by atoms with van der Waals surface area (Å²) in [7, 11) is -1.29. The minimum absolute atomic E-state index is 0.685. The Morgan fingerprint density at radius 3 is 2.44 bits per heavy atom. The molecule has 0 saturated carbocycles. The first-order valence-corrected chi connectivity index (χ1v) is 10.2. The second-order valence-corrected chi connectivity index (χ2v) is 10.9. The lowest BCUT2D eigenvalue weighted by atomic mass is 10.1. The summed E-state index contributed by atoms with van der Waals surface area (Å²) in [6.45, 7) is 13.2. The van der Waals surface area contributed by atoms with Gasteiger partial charge in [0.2, 0.25) is 0 Å². The first-order chi connectivity index (χ1) is 8.38. The fourth-order valence-corrected chi connectivity index (χ4v) is 2.06. The van der Waals surface area contributed by atoms with Crippen LogP contribution in [0.15, 0.2) is 24.3 Å². The quantitative estimate of drug-likeness (QED) is 0.643. The van der Waals surface area contributed by atoms with Crippen LogP contribution in [0.3, 0.4) is 0 Å². The van der Waals surface area contributed by atoms with Crippen LogP contribution in [0.4, 0.5) is 0 Å². The van der Waals surface area contributed by atoms with Crippen LogP contribution in [0.5, 0.6) is 0 Å². The number of benzene rings is 1. The number of rotatable bonds is 4. The van der Waals surface area contributed by atoms with Crippen LogP contribution in [0, 0.1) is 17.4 Å². The third-order valence-corrected chi connectivity index (χ3v) is 3.33. The summed E-state index contributed by atoms with van der Waals surface area (Å²) in [4.78, 5) is 0. The minimum Gasteiger partial charge on any atom is -0.312 e. The number of hydrogen-bond acceptors (Lipinski definition) is 1. The van der Waals surface area contributed by atoms with Crippen molar-refractivity contribution in [2.24, 2.45) is 5.92 Å². The third-order valence-electron chi connectivity index (χ3n) is 2.46. The normalized spacial score (nSPS) is 11.2. The molecular weight excluding hydrogens is 234 g/mol. The summed E-state index contributed by atoms with van der Waals surface area (Å²) in [5, 5.41) is 3.48. The van der Waals surface area contributed by atoms with Gasteiger partial charge in [-0.1, -0.05) is 57.6 Å². The maximum Gasteiger partial charge on any atom is 0.129 e. The lowest BCUT2D eigenvalue weighted by Gasteiger charge is -2.09. The average Bonchev–Trinajstić information content (AvgIpc) is 2.26. The number of hydrogen-bond donors (Lipinski definition) is 1. The maximum atomic E-state index is 3.48. The van der Waals surface area contributed by atoms with Crippen molar-refractivity contribution in [1.29, 1.82) is 0 Å². The molecule has 0 atom stereocenters. The second kappa shape index (κ2) is 6.77. The van der Waals surface area contributed by atoms with Crippen molar-refractivity contribution in [3.05, 3.63) is 35.4 Å². The smallest absolute Gasteiger partial charge is 0.129 e. The van der Waals surface area contributed by atoms with E-state index in [2.05, 4.69) is 74.5 Å². The summed E-state index contributed by atoms with van der Waals surface area (Å²) >= 11 is 0. The lowest BCUT2D eigenvalue weighted by Crippen LogP contribution is -2.19. The van der Waals surface area contributed by atoms with Gasteiger partial charge in [-0.05, 0) is 24.1 Å². The van der Waals surface area contributed by atoms with Crippen LogP contribution in [-0.4, -0.2) is 14.6 Å². The van der Waals surface area contributed by atoms with Crippen molar-refractivity contribution in [2.45, 2.75) is 40.0 Å². The zero-order chi connectivity index (χ0) is 13.6. The fraction of sp³-hybridized carbons (Fsp3) is 0.500. The molecule has 0 spiro atoms. The van der Waals surface area contributed by atoms with E-state index in [-0.39, 0.29) is 0 Å². The molecule has 0 bridgehead atoms. The van der Waals surface area contributed by atoms with Crippen LogP contribution < -0.4 is 5.32 Å². The van der Waals surface area contributed by atoms with Crippen LogP contribution in [-0.2, 0) is 6.54 Å². The first-order valence-electron chi connectivity index (χ1n) is 6.70. The Morgan fingerprint density at radius 1 is 1.17 bits per heavy atom. The molecule has 0 radical (unpaired) electrons. The zero-order valence-corrected chi connectivity index (χ0v) is 13.3. The van der Waals surface area contributed by atoms with Gasteiger partial charge >= 0.3 is 0 Å². The molecule has 18 heavy (non-hydrogen) atoms. The minimum atomic E-state index is -1.29. The molecule has 0 aliphatic rings. The topological polar surface area (TPSA) is 12.0 Å². The molecule has 2 heteroatoms. The van der Waals surface area contributed by atoms with E-state index in [1.165, 1.54) is 11.1 Å². The van der Waals surface area contributed by atoms with E-state index in [9.17, 15) is 0 Å². The Morgan fingerprint density at radius 2 is 1.83 bits per heavy atom. The molecule has 0 heterocycles. The highest BCUT2D eigenvalue weighted by molar-refractivity contribution is 6.83. The van der Waals surface area contributed by atoms with Crippen molar-refractivity contribution >= 4 is 8.07 Å². The van der Waals surface area contributed by atoms with Gasteiger partial charge in [-0.3, -0.25) is 0 Å². The summed E-state index contributed by atoms with van der Waals surface area (Å²) in [6.07, 6.45) is 0. The Kier molecular flexibility index (Phi) is 5.65. The molecule has 1 N–H and O–H groups in total. The first kappa shape index (κ1) is 15.0. The van der Waals surface area contributed by atoms with E-state index in [0.29, 0.717) is 5.92 Å². The van der Waals surface area contributed by atoms with Gasteiger partial charge in [0.25, 0.3) is 0 Å². The third kappa shape index (κ3) is 6.04. The molecule has 0 aromatic heterocycles. The standard InChI is InChI=1S/C16H25NSi/c1-14(2)12-17-13-16-9-7-6-8-15(16)10-11-18(3,4)5/h6-9,14,17H,12-13H2,1-5H3. The summed E-state index contributed by atoms with van der Waals surface area (Å²) < 4.78 is 0.